The third-order valence-electron chi connectivity index (χ3n) is 7.12. The van der Waals surface area contributed by atoms with Gasteiger partial charge in [0.2, 0.25) is 0 Å². The smallest absolute Gasteiger partial charge is 0.367 e. The van der Waals surface area contributed by atoms with Crippen molar-refractivity contribution in [1.82, 2.24) is 15.5 Å². The Morgan fingerprint density at radius 1 is 1.13 bits per heavy atom. The number of nitrogens with zero attached hydrogens (tertiary/aromatic N) is 2. The van der Waals surface area contributed by atoms with Gasteiger partial charge in [0.25, 0.3) is 0 Å². The zero-order valence-electron chi connectivity index (χ0n) is 22.9. The Kier molecular flexibility index (Phi) is 9.49. The molecule has 0 spiro atoms. The summed E-state index contributed by atoms with van der Waals surface area (Å²) in [5.74, 6) is -0.348. The highest BCUT2D eigenvalue weighted by Gasteiger charge is 2.38. The third kappa shape index (κ3) is 6.50. The molecule has 3 aliphatic rings. The topological polar surface area (TPSA) is 42.6 Å². The second-order valence-electron chi connectivity index (χ2n) is 9.69. The number of anilines is 2. The maximum Gasteiger partial charge on any atom is 0.417 e. The van der Waals surface area contributed by atoms with Crippen molar-refractivity contribution in [3.8, 4) is 0 Å². The average Bonchev–Trinajstić information content (AvgIpc) is 2.88. The molecule has 0 aromatic heterocycles. The van der Waals surface area contributed by atoms with Crippen LogP contribution >= 0.6 is 0 Å². The predicted octanol–water partition coefficient (Wildman–Crippen LogP) is 6.17. The molecule has 1 fully saturated rings. The normalized spacial score (nSPS) is 22.4. The molecule has 0 saturated carbocycles. The number of rotatable bonds is 5. The van der Waals surface area contributed by atoms with E-state index in [-0.39, 0.29) is 34.9 Å². The van der Waals surface area contributed by atoms with Gasteiger partial charge in [0.1, 0.15) is 5.82 Å². The van der Waals surface area contributed by atoms with Crippen molar-refractivity contribution in [2.75, 3.05) is 43.4 Å². The summed E-state index contributed by atoms with van der Waals surface area (Å²) in [5.41, 5.74) is 1.69. The summed E-state index contributed by atoms with van der Waals surface area (Å²) in [4.78, 5) is 4.35. The highest BCUT2D eigenvalue weighted by molar-refractivity contribution is 5.80. The van der Waals surface area contributed by atoms with Gasteiger partial charge in [0, 0.05) is 60.4 Å². The highest BCUT2D eigenvalue weighted by Crippen LogP contribution is 2.40. The zero-order chi connectivity index (χ0) is 28.2. The average molecular weight is 534 g/mol. The standard InChI is InChI=1S/C27H33F4N5.C2H6/c1-16-10-23(27(29,30)31)22(13-33-16)19(4)34-25-11-21(20-6-8-32-9-7-20)24(28)12-26(25)36-14-17(2)35(5)18(3)15-36;1-2/h6,10-13,17-18,32-34H,1,4,7-9,14-15H2,2-3,5H3;1-2H3. The summed E-state index contributed by atoms with van der Waals surface area (Å²) in [5, 5.41) is 9.06. The maximum atomic E-state index is 15.5. The first-order chi connectivity index (χ1) is 18.0. The van der Waals surface area contributed by atoms with Crippen LogP contribution in [0.5, 0.6) is 0 Å². The molecule has 0 radical (unpaired) electrons. The van der Waals surface area contributed by atoms with E-state index in [2.05, 4.69) is 59.8 Å². The quantitative estimate of drug-likeness (QED) is 0.395. The Morgan fingerprint density at radius 3 is 2.37 bits per heavy atom. The van der Waals surface area contributed by atoms with Crippen LogP contribution in [0.4, 0.5) is 28.9 Å². The number of hydrogen-bond donors (Lipinski definition) is 3. The van der Waals surface area contributed by atoms with Crippen molar-refractivity contribution in [1.29, 1.82) is 0 Å². The van der Waals surface area contributed by atoms with Crippen LogP contribution in [-0.4, -0.2) is 56.4 Å². The molecule has 9 heteroatoms. The Labute approximate surface area is 223 Å². The fourth-order valence-corrected chi connectivity index (χ4v) is 4.89. The molecular formula is C29H39F4N5. The molecule has 2 atom stereocenters. The van der Waals surface area contributed by atoms with Crippen LogP contribution in [0.25, 0.3) is 5.57 Å². The van der Waals surface area contributed by atoms with E-state index < -0.39 is 11.7 Å². The molecule has 38 heavy (non-hydrogen) atoms. The lowest BCUT2D eigenvalue weighted by atomic mass is 9.96. The molecule has 0 bridgehead atoms. The molecule has 208 valence electrons. The molecule has 1 aromatic carbocycles. The lowest BCUT2D eigenvalue weighted by Gasteiger charge is -2.44. The van der Waals surface area contributed by atoms with Gasteiger partial charge >= 0.3 is 6.18 Å². The van der Waals surface area contributed by atoms with Crippen molar-refractivity contribution in [3.05, 3.63) is 77.6 Å². The predicted molar refractivity (Wildman–Crippen MR) is 149 cm³/mol. The number of halogens is 4. The van der Waals surface area contributed by atoms with Crippen molar-refractivity contribution in [2.45, 2.75) is 52.4 Å². The Hall–Kier alpha value is -3.04. The minimum Gasteiger partial charge on any atom is -0.367 e. The number of alkyl halides is 3. The minimum atomic E-state index is -4.58. The van der Waals surface area contributed by atoms with E-state index >= 15 is 4.39 Å². The first-order valence-electron chi connectivity index (χ1n) is 13.1. The van der Waals surface area contributed by atoms with E-state index in [0.717, 1.165) is 18.2 Å². The molecule has 3 heterocycles. The van der Waals surface area contributed by atoms with Gasteiger partial charge in [-0.3, -0.25) is 4.90 Å². The minimum absolute atomic E-state index is 0.0619. The van der Waals surface area contributed by atoms with Crippen molar-refractivity contribution < 1.29 is 17.6 Å². The summed E-state index contributed by atoms with van der Waals surface area (Å²) < 4.78 is 56.8. The van der Waals surface area contributed by atoms with Gasteiger partial charge in [-0.25, -0.2) is 4.39 Å². The Morgan fingerprint density at radius 2 is 1.79 bits per heavy atom. The van der Waals surface area contributed by atoms with Crippen molar-refractivity contribution in [2.24, 2.45) is 0 Å². The van der Waals surface area contributed by atoms with Gasteiger partial charge in [-0.1, -0.05) is 33.1 Å². The van der Waals surface area contributed by atoms with E-state index in [9.17, 15) is 13.2 Å². The third-order valence-corrected chi connectivity index (χ3v) is 7.12. The van der Waals surface area contributed by atoms with E-state index in [0.29, 0.717) is 43.0 Å². The number of allylic oxidation sites excluding steroid dienone is 2. The fourth-order valence-electron chi connectivity index (χ4n) is 4.89. The molecule has 0 aliphatic carbocycles. The van der Waals surface area contributed by atoms with Crippen LogP contribution in [0.1, 0.15) is 39.7 Å². The van der Waals surface area contributed by atoms with Crippen LogP contribution in [0.3, 0.4) is 0 Å². The largest absolute Gasteiger partial charge is 0.417 e. The lowest BCUT2D eigenvalue weighted by molar-refractivity contribution is -0.0893. The van der Waals surface area contributed by atoms with Crippen LogP contribution in [-0.2, 0) is 0 Å². The summed E-state index contributed by atoms with van der Waals surface area (Å²) >= 11 is 0. The fraction of sp³-hybridized carbons (Fsp3) is 0.448. The number of likely N-dealkylation sites (N-methyl/N-ethyl adjacent to an activating group) is 1. The Bertz CT molecular complexity index is 1140. The van der Waals surface area contributed by atoms with Gasteiger partial charge < -0.3 is 20.9 Å². The summed E-state index contributed by atoms with van der Waals surface area (Å²) in [6.07, 6.45) is 0.241. The molecule has 2 unspecified atom stereocenters. The molecule has 5 nitrogen and oxygen atoms in total. The number of benzene rings is 1. The van der Waals surface area contributed by atoms with Crippen LogP contribution in [0, 0.1) is 5.82 Å². The van der Waals surface area contributed by atoms with Gasteiger partial charge in [0.15, 0.2) is 0 Å². The van der Waals surface area contributed by atoms with E-state index in [1.54, 1.807) is 6.07 Å². The molecule has 4 rings (SSSR count). The number of nitrogens with one attached hydrogen (secondary N) is 3. The number of dihydropyridines is 1. The molecular weight excluding hydrogens is 494 g/mol. The number of hydrogen-bond acceptors (Lipinski definition) is 5. The van der Waals surface area contributed by atoms with E-state index in [4.69, 9.17) is 0 Å². The zero-order valence-corrected chi connectivity index (χ0v) is 22.9. The lowest BCUT2D eigenvalue weighted by Crippen LogP contribution is -2.55. The molecule has 3 N–H and O–H groups in total. The van der Waals surface area contributed by atoms with Crippen LogP contribution in [0.15, 0.2) is 66.2 Å². The van der Waals surface area contributed by atoms with E-state index in [1.165, 1.54) is 12.3 Å². The molecule has 1 aromatic rings. The van der Waals surface area contributed by atoms with E-state index in [1.807, 2.05) is 19.9 Å². The van der Waals surface area contributed by atoms with Gasteiger partial charge in [0.05, 0.1) is 16.9 Å². The monoisotopic (exact) mass is 533 g/mol. The summed E-state index contributed by atoms with van der Waals surface area (Å²) in [7, 11) is 2.06. The van der Waals surface area contributed by atoms with Gasteiger partial charge in [-0.15, -0.1) is 0 Å². The number of piperazine rings is 1. The van der Waals surface area contributed by atoms with Crippen LogP contribution < -0.4 is 20.9 Å². The molecule has 1 saturated heterocycles. The van der Waals surface area contributed by atoms with Gasteiger partial charge in [-0.2, -0.15) is 13.2 Å². The Balaban J connectivity index is 0.00000195. The highest BCUT2D eigenvalue weighted by atomic mass is 19.4. The first-order valence-corrected chi connectivity index (χ1v) is 13.1. The maximum absolute atomic E-state index is 15.5. The first kappa shape index (κ1) is 29.5. The SMILES string of the molecule is C=C1C=C(C(F)(F)F)C(C(=C)Nc2cc(C3=CCNCC3)c(F)cc2N2CC(C)N(C)C(C)C2)=CN1.CC. The second kappa shape index (κ2) is 12.2. The molecule has 3 aliphatic heterocycles. The summed E-state index contributed by atoms with van der Waals surface area (Å²) in [6.45, 7) is 18.4. The van der Waals surface area contributed by atoms with Crippen molar-refractivity contribution >= 4 is 16.9 Å². The summed E-state index contributed by atoms with van der Waals surface area (Å²) in [6, 6.07) is 3.63. The van der Waals surface area contributed by atoms with Crippen molar-refractivity contribution in [3.63, 3.8) is 0 Å². The van der Waals surface area contributed by atoms with Gasteiger partial charge in [-0.05, 0) is 57.6 Å². The molecule has 0 amide bonds. The van der Waals surface area contributed by atoms with Crippen LogP contribution in [0.2, 0.25) is 0 Å². The second-order valence-corrected chi connectivity index (χ2v) is 9.69.